The summed E-state index contributed by atoms with van der Waals surface area (Å²) in [6.45, 7) is 6.58. The number of ether oxygens (including phenoxy) is 2. The van der Waals surface area contributed by atoms with Crippen LogP contribution in [-0.2, 0) is 11.3 Å². The Kier molecular flexibility index (Phi) is 3.47. The summed E-state index contributed by atoms with van der Waals surface area (Å²) >= 11 is 0. The summed E-state index contributed by atoms with van der Waals surface area (Å²) in [5, 5.41) is 0. The average molecular weight is 195 g/mol. The van der Waals surface area contributed by atoms with Gasteiger partial charge in [-0.2, -0.15) is 0 Å². The maximum Gasteiger partial charge on any atom is 0.122 e. The van der Waals surface area contributed by atoms with E-state index in [0.29, 0.717) is 6.61 Å². The predicted molar refractivity (Wildman–Crippen MR) is 55.3 cm³/mol. The minimum Gasteiger partial charge on any atom is -0.497 e. The van der Waals surface area contributed by atoms with Gasteiger partial charge in [-0.3, -0.25) is 4.98 Å². The van der Waals surface area contributed by atoms with Gasteiger partial charge in [0.25, 0.3) is 0 Å². The lowest BCUT2D eigenvalue weighted by molar-refractivity contribution is -0.0165. The van der Waals surface area contributed by atoms with Crippen molar-refractivity contribution in [3.8, 4) is 5.75 Å². The molecule has 1 aromatic rings. The van der Waals surface area contributed by atoms with Crippen LogP contribution in [0.5, 0.6) is 5.75 Å². The SMILES string of the molecule is COc1ccnc(COC(C)(C)C)c1. The molecular weight excluding hydrogens is 178 g/mol. The Morgan fingerprint density at radius 1 is 1.36 bits per heavy atom. The molecule has 0 fully saturated rings. The molecule has 14 heavy (non-hydrogen) atoms. The summed E-state index contributed by atoms with van der Waals surface area (Å²) in [4.78, 5) is 4.19. The molecular formula is C11H17NO2. The summed E-state index contributed by atoms with van der Waals surface area (Å²) in [5.41, 5.74) is 0.754. The number of hydrogen-bond acceptors (Lipinski definition) is 3. The maximum atomic E-state index is 5.60. The van der Waals surface area contributed by atoms with Crippen LogP contribution < -0.4 is 4.74 Å². The lowest BCUT2D eigenvalue weighted by Crippen LogP contribution is -2.19. The highest BCUT2D eigenvalue weighted by Gasteiger charge is 2.10. The molecule has 0 N–H and O–H groups in total. The topological polar surface area (TPSA) is 31.4 Å². The van der Waals surface area contributed by atoms with Gasteiger partial charge in [0.1, 0.15) is 5.75 Å². The second-order valence-corrected chi connectivity index (χ2v) is 4.09. The van der Waals surface area contributed by atoms with Gasteiger partial charge in [-0.25, -0.2) is 0 Å². The van der Waals surface area contributed by atoms with E-state index in [4.69, 9.17) is 9.47 Å². The van der Waals surface area contributed by atoms with Crippen LogP contribution in [0.1, 0.15) is 26.5 Å². The van der Waals surface area contributed by atoms with Crippen LogP contribution in [0, 0.1) is 0 Å². The molecule has 1 heterocycles. The van der Waals surface area contributed by atoms with Crippen molar-refractivity contribution in [3.63, 3.8) is 0 Å². The number of nitrogens with zero attached hydrogens (tertiary/aromatic N) is 1. The first-order valence-corrected chi connectivity index (χ1v) is 4.64. The van der Waals surface area contributed by atoms with Crippen molar-refractivity contribution in [2.24, 2.45) is 0 Å². The fraction of sp³-hybridized carbons (Fsp3) is 0.545. The smallest absolute Gasteiger partial charge is 0.122 e. The number of methoxy groups -OCH3 is 1. The summed E-state index contributed by atoms with van der Waals surface area (Å²) in [7, 11) is 1.64. The van der Waals surface area contributed by atoms with Crippen LogP contribution in [-0.4, -0.2) is 17.7 Å². The molecule has 0 saturated carbocycles. The molecule has 0 amide bonds. The molecule has 0 aliphatic rings. The summed E-state index contributed by atoms with van der Waals surface area (Å²) < 4.78 is 10.7. The van der Waals surface area contributed by atoms with Crippen molar-refractivity contribution in [1.82, 2.24) is 4.98 Å². The first kappa shape index (κ1) is 11.0. The Balaban J connectivity index is 2.59. The number of hydrogen-bond donors (Lipinski definition) is 0. The van der Waals surface area contributed by atoms with Crippen LogP contribution in [0.15, 0.2) is 18.3 Å². The first-order valence-electron chi connectivity index (χ1n) is 4.64. The van der Waals surface area contributed by atoms with E-state index in [-0.39, 0.29) is 5.60 Å². The Morgan fingerprint density at radius 2 is 2.07 bits per heavy atom. The van der Waals surface area contributed by atoms with E-state index in [9.17, 15) is 0 Å². The maximum absolute atomic E-state index is 5.60. The fourth-order valence-corrected chi connectivity index (χ4v) is 0.952. The molecule has 3 heteroatoms. The van der Waals surface area contributed by atoms with Crippen molar-refractivity contribution in [2.75, 3.05) is 7.11 Å². The molecule has 0 aliphatic carbocycles. The minimum absolute atomic E-state index is 0.134. The molecule has 0 spiro atoms. The third-order valence-electron chi connectivity index (χ3n) is 1.68. The van der Waals surface area contributed by atoms with Crippen LogP contribution in [0.2, 0.25) is 0 Å². The molecule has 3 nitrogen and oxygen atoms in total. The van der Waals surface area contributed by atoms with E-state index < -0.39 is 0 Å². The van der Waals surface area contributed by atoms with Crippen LogP contribution in [0.3, 0.4) is 0 Å². The zero-order valence-electron chi connectivity index (χ0n) is 9.20. The van der Waals surface area contributed by atoms with Crippen LogP contribution >= 0.6 is 0 Å². The Bertz CT molecular complexity index is 292. The van der Waals surface area contributed by atoms with Crippen molar-refractivity contribution < 1.29 is 9.47 Å². The van der Waals surface area contributed by atoms with Crippen molar-refractivity contribution >= 4 is 0 Å². The summed E-state index contributed by atoms with van der Waals surface area (Å²) in [5.74, 6) is 0.813. The minimum atomic E-state index is -0.134. The summed E-state index contributed by atoms with van der Waals surface area (Å²) in [6.07, 6.45) is 1.72. The van der Waals surface area contributed by atoms with E-state index in [2.05, 4.69) is 4.98 Å². The fourth-order valence-electron chi connectivity index (χ4n) is 0.952. The van der Waals surface area contributed by atoms with Gasteiger partial charge in [0.15, 0.2) is 0 Å². The van der Waals surface area contributed by atoms with E-state index in [1.165, 1.54) is 0 Å². The number of rotatable bonds is 3. The van der Waals surface area contributed by atoms with Gasteiger partial charge < -0.3 is 9.47 Å². The van der Waals surface area contributed by atoms with E-state index >= 15 is 0 Å². The van der Waals surface area contributed by atoms with Crippen molar-refractivity contribution in [2.45, 2.75) is 33.0 Å². The highest BCUT2D eigenvalue weighted by Crippen LogP contribution is 2.14. The molecule has 0 saturated heterocycles. The molecule has 0 bridgehead atoms. The second-order valence-electron chi connectivity index (χ2n) is 4.09. The van der Waals surface area contributed by atoms with Gasteiger partial charge in [-0.15, -0.1) is 0 Å². The highest BCUT2D eigenvalue weighted by atomic mass is 16.5. The van der Waals surface area contributed by atoms with E-state index in [0.717, 1.165) is 11.4 Å². The van der Waals surface area contributed by atoms with Gasteiger partial charge in [0.05, 0.1) is 25.0 Å². The predicted octanol–water partition coefficient (Wildman–Crippen LogP) is 2.41. The summed E-state index contributed by atoms with van der Waals surface area (Å²) in [6, 6.07) is 3.70. The second kappa shape index (κ2) is 4.42. The quantitative estimate of drug-likeness (QED) is 0.742. The molecule has 0 aromatic carbocycles. The van der Waals surface area contributed by atoms with E-state index in [1.54, 1.807) is 13.3 Å². The largest absolute Gasteiger partial charge is 0.497 e. The van der Waals surface area contributed by atoms with Gasteiger partial charge in [-0.1, -0.05) is 0 Å². The number of aromatic nitrogens is 1. The lowest BCUT2D eigenvalue weighted by Gasteiger charge is -2.19. The lowest BCUT2D eigenvalue weighted by atomic mass is 10.2. The van der Waals surface area contributed by atoms with Gasteiger partial charge in [0, 0.05) is 12.3 Å². The third-order valence-corrected chi connectivity index (χ3v) is 1.68. The van der Waals surface area contributed by atoms with Gasteiger partial charge in [-0.05, 0) is 26.8 Å². The Labute approximate surface area is 85.1 Å². The molecule has 0 aliphatic heterocycles. The average Bonchev–Trinajstić information content (AvgIpc) is 2.14. The first-order chi connectivity index (χ1) is 6.51. The van der Waals surface area contributed by atoms with Crippen LogP contribution in [0.4, 0.5) is 0 Å². The molecule has 78 valence electrons. The molecule has 0 unspecified atom stereocenters. The zero-order chi connectivity index (χ0) is 10.6. The molecule has 1 rings (SSSR count). The third kappa shape index (κ3) is 3.75. The normalized spacial score (nSPS) is 11.4. The molecule has 1 aromatic heterocycles. The Hall–Kier alpha value is -1.09. The standard InChI is InChI=1S/C11H17NO2/c1-11(2,3)14-8-9-7-10(13-4)5-6-12-9/h5-7H,8H2,1-4H3. The Morgan fingerprint density at radius 3 is 2.64 bits per heavy atom. The van der Waals surface area contributed by atoms with Gasteiger partial charge in [0.2, 0.25) is 0 Å². The number of pyridine rings is 1. The monoisotopic (exact) mass is 195 g/mol. The zero-order valence-corrected chi connectivity index (χ0v) is 9.20. The molecule has 0 atom stereocenters. The molecule has 0 radical (unpaired) electrons. The van der Waals surface area contributed by atoms with Crippen molar-refractivity contribution in [1.29, 1.82) is 0 Å². The van der Waals surface area contributed by atoms with Crippen molar-refractivity contribution in [3.05, 3.63) is 24.0 Å². The van der Waals surface area contributed by atoms with Gasteiger partial charge >= 0.3 is 0 Å². The van der Waals surface area contributed by atoms with Crippen LogP contribution in [0.25, 0.3) is 0 Å². The van der Waals surface area contributed by atoms with E-state index in [1.807, 2.05) is 32.9 Å². The highest BCUT2D eigenvalue weighted by molar-refractivity contribution is 5.21.